The van der Waals surface area contributed by atoms with Crippen molar-refractivity contribution in [3.05, 3.63) is 0 Å². The molecule has 1 unspecified atom stereocenters. The molecule has 1 aliphatic rings. The van der Waals surface area contributed by atoms with E-state index in [9.17, 15) is 4.79 Å². The number of hydrogen-bond acceptors (Lipinski definition) is 2. The molecule has 1 rings (SSSR count). The summed E-state index contributed by atoms with van der Waals surface area (Å²) < 4.78 is 0. The molecule has 0 spiro atoms. The predicted octanol–water partition coefficient (Wildman–Crippen LogP) is 1.78. The summed E-state index contributed by atoms with van der Waals surface area (Å²) in [6.45, 7) is 8.14. The van der Waals surface area contributed by atoms with Crippen molar-refractivity contribution in [2.75, 3.05) is 13.1 Å². The maximum atomic E-state index is 11.9. The average molecular weight is 212 g/mol. The van der Waals surface area contributed by atoms with Crippen molar-refractivity contribution in [3.63, 3.8) is 0 Å². The van der Waals surface area contributed by atoms with Gasteiger partial charge in [-0.1, -0.05) is 13.8 Å². The van der Waals surface area contributed by atoms with Crippen molar-refractivity contribution < 1.29 is 4.79 Å². The number of nitrogens with zero attached hydrogens (tertiary/aromatic N) is 1. The van der Waals surface area contributed by atoms with Crippen LogP contribution in [0.2, 0.25) is 0 Å². The summed E-state index contributed by atoms with van der Waals surface area (Å²) in [5.74, 6) is 0.315. The van der Waals surface area contributed by atoms with E-state index in [1.807, 2.05) is 4.90 Å². The van der Waals surface area contributed by atoms with Crippen LogP contribution in [0.5, 0.6) is 0 Å². The highest BCUT2D eigenvalue weighted by molar-refractivity contribution is 5.76. The number of hydrogen-bond donors (Lipinski definition) is 1. The zero-order chi connectivity index (χ0) is 11.3. The molecule has 3 nitrogen and oxygen atoms in total. The van der Waals surface area contributed by atoms with Crippen LogP contribution in [0.3, 0.4) is 0 Å². The molecule has 1 N–H and O–H groups in total. The Balaban J connectivity index is 2.26. The van der Waals surface area contributed by atoms with Crippen LogP contribution in [0, 0.1) is 0 Å². The summed E-state index contributed by atoms with van der Waals surface area (Å²) in [6.07, 6.45) is 4.26. The van der Waals surface area contributed by atoms with E-state index in [0.717, 1.165) is 13.1 Å². The highest BCUT2D eigenvalue weighted by atomic mass is 16.2. The van der Waals surface area contributed by atoms with Crippen LogP contribution in [-0.2, 0) is 4.79 Å². The van der Waals surface area contributed by atoms with Gasteiger partial charge in [0.2, 0.25) is 5.91 Å². The minimum Gasteiger partial charge on any atom is -0.340 e. The van der Waals surface area contributed by atoms with Crippen LogP contribution in [-0.4, -0.2) is 36.0 Å². The summed E-state index contributed by atoms with van der Waals surface area (Å²) >= 11 is 0. The molecule has 0 saturated carbocycles. The summed E-state index contributed by atoms with van der Waals surface area (Å²) in [4.78, 5) is 13.9. The molecule has 1 heterocycles. The van der Waals surface area contributed by atoms with Gasteiger partial charge in [0, 0.05) is 31.6 Å². The van der Waals surface area contributed by atoms with E-state index in [1.165, 1.54) is 19.3 Å². The zero-order valence-corrected chi connectivity index (χ0v) is 10.3. The number of rotatable bonds is 4. The van der Waals surface area contributed by atoms with Crippen LogP contribution in [0.4, 0.5) is 0 Å². The van der Waals surface area contributed by atoms with Gasteiger partial charge in [0.25, 0.3) is 0 Å². The average Bonchev–Trinajstić information content (AvgIpc) is 2.17. The van der Waals surface area contributed by atoms with Crippen LogP contribution in [0.25, 0.3) is 0 Å². The third kappa shape index (κ3) is 4.20. The molecule has 0 aliphatic carbocycles. The lowest BCUT2D eigenvalue weighted by atomic mass is 10.0. The van der Waals surface area contributed by atoms with Crippen molar-refractivity contribution in [1.29, 1.82) is 0 Å². The van der Waals surface area contributed by atoms with Gasteiger partial charge < -0.3 is 10.2 Å². The van der Waals surface area contributed by atoms with Gasteiger partial charge in [-0.3, -0.25) is 4.79 Å². The molecule has 1 saturated heterocycles. The second-order valence-electron chi connectivity index (χ2n) is 4.79. The molecule has 0 aromatic rings. The normalized spacial score (nSPS) is 22.1. The van der Waals surface area contributed by atoms with Crippen LogP contribution < -0.4 is 5.32 Å². The van der Waals surface area contributed by atoms with Gasteiger partial charge in [-0.25, -0.2) is 0 Å². The minimum absolute atomic E-state index is 0.315. The third-order valence-corrected chi connectivity index (χ3v) is 3.01. The fourth-order valence-electron chi connectivity index (χ4n) is 2.08. The molecule has 0 aromatic heterocycles. The lowest BCUT2D eigenvalue weighted by molar-refractivity contribution is -0.134. The number of amides is 1. The predicted molar refractivity (Wildman–Crippen MR) is 62.8 cm³/mol. The Morgan fingerprint density at radius 2 is 2.20 bits per heavy atom. The van der Waals surface area contributed by atoms with E-state index in [0.29, 0.717) is 24.4 Å². The van der Waals surface area contributed by atoms with Crippen LogP contribution >= 0.6 is 0 Å². The first kappa shape index (κ1) is 12.5. The second kappa shape index (κ2) is 6.11. The Morgan fingerprint density at radius 1 is 1.47 bits per heavy atom. The van der Waals surface area contributed by atoms with Crippen molar-refractivity contribution in [3.8, 4) is 0 Å². The van der Waals surface area contributed by atoms with Gasteiger partial charge in [0.15, 0.2) is 0 Å². The van der Waals surface area contributed by atoms with Crippen molar-refractivity contribution in [2.45, 2.75) is 58.5 Å². The summed E-state index contributed by atoms with van der Waals surface area (Å²) in [6, 6.07) is 0.918. The number of carbonyl (C=O) groups excluding carboxylic acids is 1. The van der Waals surface area contributed by atoms with Crippen molar-refractivity contribution in [1.82, 2.24) is 10.2 Å². The van der Waals surface area contributed by atoms with Gasteiger partial charge in [0.1, 0.15) is 0 Å². The lowest BCUT2D eigenvalue weighted by Gasteiger charge is -2.33. The first-order valence-electron chi connectivity index (χ1n) is 6.14. The van der Waals surface area contributed by atoms with Gasteiger partial charge in [-0.15, -0.1) is 0 Å². The van der Waals surface area contributed by atoms with E-state index < -0.39 is 0 Å². The Morgan fingerprint density at radius 3 is 2.80 bits per heavy atom. The fraction of sp³-hybridized carbons (Fsp3) is 0.917. The largest absolute Gasteiger partial charge is 0.340 e. The Hall–Kier alpha value is -0.570. The molecular weight excluding hydrogens is 188 g/mol. The molecule has 15 heavy (non-hydrogen) atoms. The first-order chi connectivity index (χ1) is 7.11. The fourth-order valence-corrected chi connectivity index (χ4v) is 2.08. The molecule has 0 aromatic carbocycles. The maximum Gasteiger partial charge on any atom is 0.224 e. The standard InChI is InChI=1S/C12H24N2O/c1-10(2)13-8-7-12(15)14-9-5-4-6-11(14)3/h10-11,13H,4-9H2,1-3H3. The molecule has 1 fully saturated rings. The Labute approximate surface area is 93.2 Å². The van der Waals surface area contributed by atoms with Gasteiger partial charge >= 0.3 is 0 Å². The van der Waals surface area contributed by atoms with Crippen LogP contribution in [0.1, 0.15) is 46.5 Å². The number of carbonyl (C=O) groups is 1. The summed E-state index contributed by atoms with van der Waals surface area (Å²) in [5.41, 5.74) is 0. The number of piperidine rings is 1. The summed E-state index contributed by atoms with van der Waals surface area (Å²) in [5, 5.41) is 3.28. The molecular formula is C12H24N2O. The molecule has 3 heteroatoms. The van der Waals surface area contributed by atoms with Crippen molar-refractivity contribution >= 4 is 5.91 Å². The highest BCUT2D eigenvalue weighted by Gasteiger charge is 2.22. The van der Waals surface area contributed by atoms with Gasteiger partial charge in [-0.2, -0.15) is 0 Å². The second-order valence-corrected chi connectivity index (χ2v) is 4.79. The van der Waals surface area contributed by atoms with E-state index in [1.54, 1.807) is 0 Å². The first-order valence-corrected chi connectivity index (χ1v) is 6.14. The quantitative estimate of drug-likeness (QED) is 0.770. The number of likely N-dealkylation sites (tertiary alicyclic amines) is 1. The topological polar surface area (TPSA) is 32.3 Å². The Kier molecular flexibility index (Phi) is 5.09. The SMILES string of the molecule is CC(C)NCCC(=O)N1CCCCC1C. The van der Waals surface area contributed by atoms with E-state index in [-0.39, 0.29) is 0 Å². The molecule has 88 valence electrons. The lowest BCUT2D eigenvalue weighted by Crippen LogP contribution is -2.43. The molecule has 0 radical (unpaired) electrons. The molecule has 0 bridgehead atoms. The van der Waals surface area contributed by atoms with Crippen molar-refractivity contribution in [2.24, 2.45) is 0 Å². The summed E-state index contributed by atoms with van der Waals surface area (Å²) in [7, 11) is 0. The highest BCUT2D eigenvalue weighted by Crippen LogP contribution is 2.16. The minimum atomic E-state index is 0.315. The smallest absolute Gasteiger partial charge is 0.224 e. The molecule has 1 amide bonds. The zero-order valence-electron chi connectivity index (χ0n) is 10.3. The van der Waals surface area contributed by atoms with Crippen LogP contribution in [0.15, 0.2) is 0 Å². The maximum absolute atomic E-state index is 11.9. The number of nitrogens with one attached hydrogen (secondary N) is 1. The molecule has 1 aliphatic heterocycles. The van der Waals surface area contributed by atoms with E-state index in [4.69, 9.17) is 0 Å². The monoisotopic (exact) mass is 212 g/mol. The Bertz CT molecular complexity index is 204. The van der Waals surface area contributed by atoms with Gasteiger partial charge in [-0.05, 0) is 26.2 Å². The van der Waals surface area contributed by atoms with E-state index in [2.05, 4.69) is 26.1 Å². The molecule has 1 atom stereocenters. The third-order valence-electron chi connectivity index (χ3n) is 3.01. The van der Waals surface area contributed by atoms with E-state index >= 15 is 0 Å². The van der Waals surface area contributed by atoms with Gasteiger partial charge in [0.05, 0.1) is 0 Å².